The van der Waals surface area contributed by atoms with E-state index in [1.165, 1.54) is 5.56 Å². The Hall–Kier alpha value is -3.31. The Morgan fingerprint density at radius 2 is 1.58 bits per heavy atom. The molecule has 5 nitrogen and oxygen atoms in total. The van der Waals surface area contributed by atoms with E-state index in [9.17, 15) is 4.79 Å². The van der Waals surface area contributed by atoms with Crippen molar-refractivity contribution >= 4 is 11.6 Å². The van der Waals surface area contributed by atoms with E-state index in [-0.39, 0.29) is 5.91 Å². The highest BCUT2D eigenvalue weighted by Gasteiger charge is 2.13. The van der Waals surface area contributed by atoms with Crippen LogP contribution in [-0.4, -0.2) is 40.3 Å². The van der Waals surface area contributed by atoms with Gasteiger partial charge in [-0.05, 0) is 41.3 Å². The summed E-state index contributed by atoms with van der Waals surface area (Å²) in [5, 5.41) is 3.10. The van der Waals surface area contributed by atoms with E-state index in [0.717, 1.165) is 52.6 Å². The number of carbonyl (C=O) groups is 1. The standard InChI is InChI=1S/C26H30N2O3/c1-28(16-15-21-13-14-24(30-2)25(18-21)31-3)19-26(29)27-23-12-8-7-11-22(23)17-20-9-5-4-6-10-20/h4-14,18H,15-17,19H2,1-3H3,(H,27,29)/p+1. The van der Waals surface area contributed by atoms with Crippen LogP contribution in [0.3, 0.4) is 0 Å². The van der Waals surface area contributed by atoms with Gasteiger partial charge in [0.25, 0.3) is 5.91 Å². The lowest BCUT2D eigenvalue weighted by Crippen LogP contribution is -3.10. The summed E-state index contributed by atoms with van der Waals surface area (Å²) in [5.74, 6) is 1.47. The summed E-state index contributed by atoms with van der Waals surface area (Å²) in [6.45, 7) is 1.25. The van der Waals surface area contributed by atoms with Gasteiger partial charge in [0.05, 0.1) is 27.8 Å². The predicted octanol–water partition coefficient (Wildman–Crippen LogP) is 2.99. The van der Waals surface area contributed by atoms with Gasteiger partial charge in [-0.1, -0.05) is 54.6 Å². The van der Waals surface area contributed by atoms with Crippen LogP contribution in [0.1, 0.15) is 16.7 Å². The van der Waals surface area contributed by atoms with Crippen molar-refractivity contribution < 1.29 is 19.2 Å². The Labute approximate surface area is 184 Å². The number of amides is 1. The van der Waals surface area contributed by atoms with Gasteiger partial charge in [0, 0.05) is 12.1 Å². The minimum atomic E-state index is 0.0188. The smallest absolute Gasteiger partial charge is 0.279 e. The SMILES string of the molecule is COc1ccc(CC[NH+](C)CC(=O)Nc2ccccc2Cc2ccccc2)cc1OC. The summed E-state index contributed by atoms with van der Waals surface area (Å²) >= 11 is 0. The molecule has 162 valence electrons. The number of ether oxygens (including phenoxy) is 2. The first-order chi connectivity index (χ1) is 15.1. The molecule has 0 aliphatic heterocycles. The summed E-state index contributed by atoms with van der Waals surface area (Å²) in [7, 11) is 5.31. The van der Waals surface area contributed by atoms with Crippen LogP contribution in [-0.2, 0) is 17.6 Å². The molecule has 0 spiro atoms. The number of likely N-dealkylation sites (N-methyl/N-ethyl adjacent to an activating group) is 1. The number of carbonyl (C=O) groups excluding carboxylic acids is 1. The molecule has 0 saturated heterocycles. The first kappa shape index (κ1) is 22.4. The van der Waals surface area contributed by atoms with Crippen LogP contribution in [0.15, 0.2) is 72.8 Å². The highest BCUT2D eigenvalue weighted by molar-refractivity contribution is 5.92. The fourth-order valence-corrected chi connectivity index (χ4v) is 3.56. The molecule has 0 radical (unpaired) electrons. The first-order valence-electron chi connectivity index (χ1n) is 10.5. The number of nitrogens with one attached hydrogen (secondary N) is 2. The first-order valence-corrected chi connectivity index (χ1v) is 10.5. The van der Waals surface area contributed by atoms with E-state index in [4.69, 9.17) is 9.47 Å². The quantitative estimate of drug-likeness (QED) is 0.531. The largest absolute Gasteiger partial charge is 0.493 e. The van der Waals surface area contributed by atoms with Gasteiger partial charge >= 0.3 is 0 Å². The van der Waals surface area contributed by atoms with Crippen molar-refractivity contribution in [3.05, 3.63) is 89.5 Å². The molecule has 0 saturated carbocycles. The normalized spacial score (nSPS) is 11.6. The third-order valence-electron chi connectivity index (χ3n) is 5.28. The molecule has 1 atom stereocenters. The lowest BCUT2D eigenvalue weighted by Gasteiger charge is -2.16. The van der Waals surface area contributed by atoms with Gasteiger partial charge in [-0.3, -0.25) is 4.79 Å². The average Bonchev–Trinajstić information content (AvgIpc) is 2.79. The van der Waals surface area contributed by atoms with Crippen molar-refractivity contribution in [3.8, 4) is 11.5 Å². The monoisotopic (exact) mass is 419 g/mol. The Morgan fingerprint density at radius 1 is 0.871 bits per heavy atom. The Bertz CT molecular complexity index is 989. The number of methoxy groups -OCH3 is 2. The van der Waals surface area contributed by atoms with Gasteiger partial charge in [0.2, 0.25) is 0 Å². The minimum absolute atomic E-state index is 0.0188. The van der Waals surface area contributed by atoms with Crippen molar-refractivity contribution in [3.63, 3.8) is 0 Å². The Morgan fingerprint density at radius 3 is 2.32 bits per heavy atom. The maximum absolute atomic E-state index is 12.7. The number of hydrogen-bond donors (Lipinski definition) is 2. The fourth-order valence-electron chi connectivity index (χ4n) is 3.56. The van der Waals surface area contributed by atoms with E-state index < -0.39 is 0 Å². The molecule has 31 heavy (non-hydrogen) atoms. The molecule has 3 aromatic rings. The number of quaternary nitrogens is 1. The van der Waals surface area contributed by atoms with Gasteiger partial charge in [0.1, 0.15) is 0 Å². The van der Waals surface area contributed by atoms with Crippen LogP contribution >= 0.6 is 0 Å². The molecular weight excluding hydrogens is 388 g/mol. The Kier molecular flexibility index (Phi) is 8.07. The molecule has 0 heterocycles. The summed E-state index contributed by atoms with van der Waals surface area (Å²) in [6, 6.07) is 24.2. The minimum Gasteiger partial charge on any atom is -0.493 e. The van der Waals surface area contributed by atoms with E-state index >= 15 is 0 Å². The third-order valence-corrected chi connectivity index (χ3v) is 5.28. The summed E-state index contributed by atoms with van der Waals surface area (Å²) < 4.78 is 10.7. The molecule has 3 aromatic carbocycles. The van der Waals surface area contributed by atoms with Crippen LogP contribution in [0.4, 0.5) is 5.69 Å². The second kappa shape index (κ2) is 11.2. The maximum atomic E-state index is 12.7. The van der Waals surface area contributed by atoms with Crippen molar-refractivity contribution in [2.24, 2.45) is 0 Å². The lowest BCUT2D eigenvalue weighted by atomic mass is 10.0. The van der Waals surface area contributed by atoms with Crippen molar-refractivity contribution in [2.75, 3.05) is 39.7 Å². The van der Waals surface area contributed by atoms with Gasteiger partial charge in [-0.15, -0.1) is 0 Å². The number of rotatable bonds is 10. The molecule has 3 rings (SSSR count). The zero-order valence-electron chi connectivity index (χ0n) is 18.5. The van der Waals surface area contributed by atoms with Gasteiger partial charge < -0.3 is 19.7 Å². The van der Waals surface area contributed by atoms with Crippen LogP contribution in [0.2, 0.25) is 0 Å². The van der Waals surface area contributed by atoms with E-state index in [1.807, 2.05) is 61.6 Å². The van der Waals surface area contributed by atoms with Crippen LogP contribution in [0.5, 0.6) is 11.5 Å². The zero-order valence-corrected chi connectivity index (χ0v) is 18.5. The molecule has 0 bridgehead atoms. The highest BCUT2D eigenvalue weighted by atomic mass is 16.5. The Balaban J connectivity index is 1.54. The molecule has 0 aliphatic carbocycles. The third kappa shape index (κ3) is 6.59. The lowest BCUT2D eigenvalue weighted by molar-refractivity contribution is -0.870. The second-order valence-corrected chi connectivity index (χ2v) is 7.69. The van der Waals surface area contributed by atoms with Gasteiger partial charge in [0.15, 0.2) is 18.0 Å². The van der Waals surface area contributed by atoms with Crippen molar-refractivity contribution in [1.82, 2.24) is 0 Å². The zero-order chi connectivity index (χ0) is 22.1. The summed E-state index contributed by atoms with van der Waals surface area (Å²) in [5.41, 5.74) is 4.38. The second-order valence-electron chi connectivity index (χ2n) is 7.69. The number of para-hydroxylation sites is 1. The number of benzene rings is 3. The fraction of sp³-hybridized carbons (Fsp3) is 0.269. The molecule has 0 aliphatic rings. The van der Waals surface area contributed by atoms with E-state index in [1.54, 1.807) is 14.2 Å². The molecule has 1 unspecified atom stereocenters. The van der Waals surface area contributed by atoms with Crippen molar-refractivity contribution in [2.45, 2.75) is 12.8 Å². The highest BCUT2D eigenvalue weighted by Crippen LogP contribution is 2.27. The number of hydrogen-bond acceptors (Lipinski definition) is 3. The van der Waals surface area contributed by atoms with Crippen LogP contribution in [0, 0.1) is 0 Å². The summed E-state index contributed by atoms with van der Waals surface area (Å²) in [6.07, 6.45) is 1.64. The number of anilines is 1. The molecule has 0 aromatic heterocycles. The van der Waals surface area contributed by atoms with Crippen molar-refractivity contribution in [1.29, 1.82) is 0 Å². The molecule has 1 amide bonds. The average molecular weight is 420 g/mol. The van der Waals surface area contributed by atoms with Crippen LogP contribution < -0.4 is 19.7 Å². The topological polar surface area (TPSA) is 52.0 Å². The van der Waals surface area contributed by atoms with Gasteiger partial charge in [-0.25, -0.2) is 0 Å². The maximum Gasteiger partial charge on any atom is 0.279 e. The van der Waals surface area contributed by atoms with E-state index in [0.29, 0.717) is 6.54 Å². The summed E-state index contributed by atoms with van der Waals surface area (Å²) in [4.78, 5) is 13.8. The molecule has 5 heteroatoms. The van der Waals surface area contributed by atoms with Gasteiger partial charge in [-0.2, -0.15) is 0 Å². The molecule has 2 N–H and O–H groups in total. The molecule has 0 fully saturated rings. The predicted molar refractivity (Wildman–Crippen MR) is 124 cm³/mol. The van der Waals surface area contributed by atoms with Crippen LogP contribution in [0.25, 0.3) is 0 Å². The molecular formula is C26H31N2O3+. The van der Waals surface area contributed by atoms with E-state index in [2.05, 4.69) is 23.5 Å².